The predicted octanol–water partition coefficient (Wildman–Crippen LogP) is 2.55. The van der Waals surface area contributed by atoms with Gasteiger partial charge in [-0.1, -0.05) is 12.1 Å². The number of halogens is 1. The molecular weight excluding hydrogens is 319 g/mol. The van der Waals surface area contributed by atoms with E-state index in [9.17, 15) is 4.39 Å². The molecular formula is C19H31FN4O. The van der Waals surface area contributed by atoms with Crippen molar-refractivity contribution in [2.75, 3.05) is 40.3 Å². The van der Waals surface area contributed by atoms with E-state index in [1.807, 2.05) is 27.1 Å². The lowest BCUT2D eigenvalue weighted by Crippen LogP contribution is -2.42. The normalized spacial score (nSPS) is 22.2. The highest BCUT2D eigenvalue weighted by atomic mass is 19.1. The standard InChI is InChI=1S/C19H31FN4O/c1-5-21-18(23-14-19(2)10-7-11-25-19)22-13-17(24(3)4)15-8-6-9-16(20)12-15/h6,8-9,12,17H,5,7,10-11,13-14H2,1-4H3,(H2,21,22,23). The Bertz CT molecular complexity index is 570. The molecule has 0 bridgehead atoms. The molecule has 1 saturated heterocycles. The van der Waals surface area contributed by atoms with E-state index >= 15 is 0 Å². The molecule has 5 nitrogen and oxygen atoms in total. The van der Waals surface area contributed by atoms with Crippen molar-refractivity contribution in [1.82, 2.24) is 15.5 Å². The first-order chi connectivity index (χ1) is 11.9. The first-order valence-electron chi connectivity index (χ1n) is 9.01. The van der Waals surface area contributed by atoms with Gasteiger partial charge >= 0.3 is 0 Å². The molecule has 6 heteroatoms. The maximum Gasteiger partial charge on any atom is 0.191 e. The predicted molar refractivity (Wildman–Crippen MR) is 100 cm³/mol. The minimum absolute atomic E-state index is 0.0536. The zero-order valence-electron chi connectivity index (χ0n) is 15.8. The summed E-state index contributed by atoms with van der Waals surface area (Å²) in [6, 6.07) is 6.81. The molecule has 2 N–H and O–H groups in total. The molecule has 2 atom stereocenters. The Morgan fingerprint density at radius 3 is 2.80 bits per heavy atom. The zero-order valence-corrected chi connectivity index (χ0v) is 15.8. The van der Waals surface area contributed by atoms with Gasteiger partial charge in [-0.3, -0.25) is 4.99 Å². The second-order valence-corrected chi connectivity index (χ2v) is 7.01. The van der Waals surface area contributed by atoms with Gasteiger partial charge in [-0.05, 0) is 58.5 Å². The van der Waals surface area contributed by atoms with Gasteiger partial charge in [-0.15, -0.1) is 0 Å². The molecule has 1 heterocycles. The van der Waals surface area contributed by atoms with Crippen molar-refractivity contribution in [3.8, 4) is 0 Å². The van der Waals surface area contributed by atoms with E-state index < -0.39 is 0 Å². The van der Waals surface area contributed by atoms with Crippen molar-refractivity contribution in [3.63, 3.8) is 0 Å². The molecule has 0 aliphatic carbocycles. The molecule has 1 aliphatic rings. The number of hydrogen-bond donors (Lipinski definition) is 2. The quantitative estimate of drug-likeness (QED) is 0.586. The molecule has 1 aromatic rings. The van der Waals surface area contributed by atoms with E-state index in [4.69, 9.17) is 4.74 Å². The average molecular weight is 350 g/mol. The fourth-order valence-electron chi connectivity index (χ4n) is 3.06. The monoisotopic (exact) mass is 350 g/mol. The number of ether oxygens (including phenoxy) is 1. The third-order valence-corrected chi connectivity index (χ3v) is 4.54. The van der Waals surface area contributed by atoms with Crippen molar-refractivity contribution < 1.29 is 9.13 Å². The largest absolute Gasteiger partial charge is 0.373 e. The fourth-order valence-corrected chi connectivity index (χ4v) is 3.06. The van der Waals surface area contributed by atoms with Crippen LogP contribution in [0.15, 0.2) is 29.3 Å². The van der Waals surface area contributed by atoms with Crippen molar-refractivity contribution in [1.29, 1.82) is 0 Å². The van der Waals surface area contributed by atoms with Crippen molar-refractivity contribution in [2.24, 2.45) is 4.99 Å². The van der Waals surface area contributed by atoms with E-state index in [1.54, 1.807) is 12.1 Å². The van der Waals surface area contributed by atoms with Crippen LogP contribution >= 0.6 is 0 Å². The molecule has 1 fully saturated rings. The molecule has 0 saturated carbocycles. The molecule has 25 heavy (non-hydrogen) atoms. The van der Waals surface area contributed by atoms with Crippen LogP contribution in [-0.4, -0.2) is 56.8 Å². The SMILES string of the molecule is CCNC(=NCC1(C)CCCO1)NCC(c1cccc(F)c1)N(C)C. The van der Waals surface area contributed by atoms with Crippen molar-refractivity contribution >= 4 is 5.96 Å². The summed E-state index contributed by atoms with van der Waals surface area (Å²) in [6.07, 6.45) is 2.14. The molecule has 1 aromatic carbocycles. The van der Waals surface area contributed by atoms with Gasteiger partial charge in [0, 0.05) is 19.7 Å². The molecule has 2 unspecified atom stereocenters. The van der Waals surface area contributed by atoms with Crippen LogP contribution in [-0.2, 0) is 4.74 Å². The van der Waals surface area contributed by atoms with Gasteiger partial charge < -0.3 is 20.3 Å². The van der Waals surface area contributed by atoms with E-state index in [0.717, 1.165) is 37.5 Å². The molecule has 0 spiro atoms. The number of rotatable bonds is 7. The molecule has 1 aliphatic heterocycles. The number of hydrogen-bond acceptors (Lipinski definition) is 3. The topological polar surface area (TPSA) is 48.9 Å². The summed E-state index contributed by atoms with van der Waals surface area (Å²) >= 11 is 0. The summed E-state index contributed by atoms with van der Waals surface area (Å²) in [5.41, 5.74) is 0.783. The third kappa shape index (κ3) is 5.97. The summed E-state index contributed by atoms with van der Waals surface area (Å²) in [5, 5.41) is 6.65. The van der Waals surface area contributed by atoms with E-state index in [2.05, 4.69) is 27.4 Å². The molecule has 2 rings (SSSR count). The van der Waals surface area contributed by atoms with E-state index in [-0.39, 0.29) is 17.5 Å². The first-order valence-corrected chi connectivity index (χ1v) is 9.01. The highest BCUT2D eigenvalue weighted by molar-refractivity contribution is 5.79. The van der Waals surface area contributed by atoms with Gasteiger partial charge in [0.25, 0.3) is 0 Å². The highest BCUT2D eigenvalue weighted by Crippen LogP contribution is 2.25. The van der Waals surface area contributed by atoms with Crippen LogP contribution in [0.2, 0.25) is 0 Å². The summed E-state index contributed by atoms with van der Waals surface area (Å²) < 4.78 is 19.4. The number of guanidine groups is 1. The second kappa shape index (κ2) is 9.15. The summed E-state index contributed by atoms with van der Waals surface area (Å²) in [6.45, 7) is 7.03. The lowest BCUT2D eigenvalue weighted by atomic mass is 10.0. The van der Waals surface area contributed by atoms with E-state index in [1.165, 1.54) is 6.07 Å². The lowest BCUT2D eigenvalue weighted by molar-refractivity contribution is 0.0283. The Morgan fingerprint density at radius 2 is 2.20 bits per heavy atom. The maximum atomic E-state index is 13.6. The van der Waals surface area contributed by atoms with Crippen molar-refractivity contribution in [2.45, 2.75) is 38.3 Å². The van der Waals surface area contributed by atoms with E-state index in [0.29, 0.717) is 13.1 Å². The fraction of sp³-hybridized carbons (Fsp3) is 0.632. The van der Waals surface area contributed by atoms with Crippen LogP contribution in [0, 0.1) is 5.82 Å². The molecule has 0 aromatic heterocycles. The van der Waals surface area contributed by atoms with Crippen LogP contribution < -0.4 is 10.6 Å². The maximum absolute atomic E-state index is 13.6. The Balaban J connectivity index is 2.02. The summed E-state index contributed by atoms with van der Waals surface area (Å²) in [4.78, 5) is 6.76. The van der Waals surface area contributed by atoms with Crippen LogP contribution in [0.25, 0.3) is 0 Å². The van der Waals surface area contributed by atoms with Gasteiger partial charge in [0.1, 0.15) is 5.82 Å². The van der Waals surface area contributed by atoms with Gasteiger partial charge in [-0.2, -0.15) is 0 Å². The van der Waals surface area contributed by atoms with Crippen molar-refractivity contribution in [3.05, 3.63) is 35.6 Å². The Labute approximate surface area is 150 Å². The van der Waals surface area contributed by atoms with Crippen LogP contribution in [0.1, 0.15) is 38.3 Å². The third-order valence-electron chi connectivity index (χ3n) is 4.54. The van der Waals surface area contributed by atoms with Gasteiger partial charge in [-0.25, -0.2) is 4.39 Å². The number of likely N-dealkylation sites (N-methyl/N-ethyl adjacent to an activating group) is 1. The number of benzene rings is 1. The number of nitrogens with zero attached hydrogens (tertiary/aromatic N) is 2. The Kier molecular flexibility index (Phi) is 7.20. The molecule has 140 valence electrons. The van der Waals surface area contributed by atoms with Crippen LogP contribution in [0.4, 0.5) is 4.39 Å². The Hall–Kier alpha value is -1.66. The lowest BCUT2D eigenvalue weighted by Gasteiger charge is -2.26. The summed E-state index contributed by atoms with van der Waals surface area (Å²) in [5.74, 6) is 0.554. The van der Waals surface area contributed by atoms with Gasteiger partial charge in [0.15, 0.2) is 5.96 Å². The van der Waals surface area contributed by atoms with Gasteiger partial charge in [0.2, 0.25) is 0 Å². The zero-order chi connectivity index (χ0) is 18.3. The molecule has 0 radical (unpaired) electrons. The minimum Gasteiger partial charge on any atom is -0.373 e. The first kappa shape index (κ1) is 19.7. The smallest absolute Gasteiger partial charge is 0.191 e. The number of aliphatic imine (C=N–C) groups is 1. The summed E-state index contributed by atoms with van der Waals surface area (Å²) in [7, 11) is 3.99. The average Bonchev–Trinajstić information content (AvgIpc) is 2.99. The molecule has 0 amide bonds. The Morgan fingerprint density at radius 1 is 1.40 bits per heavy atom. The minimum atomic E-state index is -0.212. The second-order valence-electron chi connectivity index (χ2n) is 7.01. The highest BCUT2D eigenvalue weighted by Gasteiger charge is 2.29. The van der Waals surface area contributed by atoms with Crippen LogP contribution in [0.3, 0.4) is 0 Å². The number of nitrogens with one attached hydrogen (secondary N) is 2. The van der Waals surface area contributed by atoms with Crippen LogP contribution in [0.5, 0.6) is 0 Å². The van der Waals surface area contributed by atoms with Gasteiger partial charge in [0.05, 0.1) is 18.2 Å².